The molecular formula is C11H18N2O2S. The highest BCUT2D eigenvalue weighted by Crippen LogP contribution is 2.16. The van der Waals surface area contributed by atoms with Crippen LogP contribution >= 0.6 is 11.3 Å². The molecule has 0 amide bonds. The van der Waals surface area contributed by atoms with Crippen LogP contribution in [0.4, 0.5) is 0 Å². The van der Waals surface area contributed by atoms with Gasteiger partial charge in [-0.15, -0.1) is 11.3 Å². The van der Waals surface area contributed by atoms with Crippen molar-refractivity contribution in [2.45, 2.75) is 25.7 Å². The molecule has 5 heteroatoms. The van der Waals surface area contributed by atoms with Crippen LogP contribution in [0.25, 0.3) is 0 Å². The highest BCUT2D eigenvalue weighted by atomic mass is 32.1. The molecule has 1 saturated heterocycles. The van der Waals surface area contributed by atoms with E-state index in [1.165, 1.54) is 4.88 Å². The number of hydrogen-bond acceptors (Lipinski definition) is 5. The first-order valence-corrected chi connectivity index (χ1v) is 6.40. The lowest BCUT2D eigenvalue weighted by Crippen LogP contribution is -2.47. The lowest BCUT2D eigenvalue weighted by atomic mass is 10.2. The van der Waals surface area contributed by atoms with Crippen LogP contribution in [0.15, 0.2) is 11.7 Å². The van der Waals surface area contributed by atoms with Crippen molar-refractivity contribution >= 4 is 11.3 Å². The van der Waals surface area contributed by atoms with Gasteiger partial charge in [0, 0.05) is 37.8 Å². The van der Waals surface area contributed by atoms with Crippen molar-refractivity contribution in [3.63, 3.8) is 0 Å². The third-order valence-corrected chi connectivity index (χ3v) is 3.38. The molecule has 0 spiro atoms. The molecule has 0 saturated carbocycles. The van der Waals surface area contributed by atoms with E-state index < -0.39 is 0 Å². The average Bonchev–Trinajstić information content (AvgIpc) is 2.70. The minimum atomic E-state index is 0.196. The lowest BCUT2D eigenvalue weighted by molar-refractivity contribution is -0.103. The normalized spacial score (nSPS) is 27.1. The van der Waals surface area contributed by atoms with E-state index in [1.807, 2.05) is 11.7 Å². The molecule has 4 nitrogen and oxygen atoms in total. The van der Waals surface area contributed by atoms with Crippen LogP contribution in [-0.4, -0.2) is 48.9 Å². The molecule has 1 fully saturated rings. The minimum Gasteiger partial charge on any atom is -0.382 e. The van der Waals surface area contributed by atoms with E-state index in [0.29, 0.717) is 6.61 Å². The summed E-state index contributed by atoms with van der Waals surface area (Å²) in [4.78, 5) is 7.82. The van der Waals surface area contributed by atoms with Gasteiger partial charge in [0.1, 0.15) is 0 Å². The van der Waals surface area contributed by atoms with Crippen LogP contribution in [0.5, 0.6) is 0 Å². The number of ether oxygens (including phenoxy) is 2. The number of rotatable bonds is 4. The van der Waals surface area contributed by atoms with Crippen LogP contribution in [0.1, 0.15) is 11.8 Å². The van der Waals surface area contributed by atoms with Gasteiger partial charge in [-0.1, -0.05) is 0 Å². The van der Waals surface area contributed by atoms with Crippen molar-refractivity contribution in [3.8, 4) is 0 Å². The molecule has 1 aromatic rings. The summed E-state index contributed by atoms with van der Waals surface area (Å²) in [5.74, 6) is 0. The van der Waals surface area contributed by atoms with Gasteiger partial charge in [0.2, 0.25) is 0 Å². The maximum Gasteiger partial charge on any atom is 0.0939 e. The highest BCUT2D eigenvalue weighted by Gasteiger charge is 2.25. The van der Waals surface area contributed by atoms with Gasteiger partial charge in [-0.05, 0) is 6.92 Å². The van der Waals surface area contributed by atoms with Gasteiger partial charge in [-0.3, -0.25) is 9.88 Å². The molecular weight excluding hydrogens is 224 g/mol. The fourth-order valence-corrected chi connectivity index (χ4v) is 2.72. The van der Waals surface area contributed by atoms with E-state index in [9.17, 15) is 0 Å². The monoisotopic (exact) mass is 242 g/mol. The van der Waals surface area contributed by atoms with E-state index in [4.69, 9.17) is 9.47 Å². The van der Waals surface area contributed by atoms with E-state index in [-0.39, 0.29) is 12.2 Å². The van der Waals surface area contributed by atoms with Crippen molar-refractivity contribution < 1.29 is 9.47 Å². The zero-order valence-corrected chi connectivity index (χ0v) is 10.6. The number of hydrogen-bond donors (Lipinski definition) is 0. The third-order valence-electron chi connectivity index (χ3n) is 2.62. The van der Waals surface area contributed by atoms with Crippen molar-refractivity contribution in [2.75, 3.05) is 26.8 Å². The Morgan fingerprint density at radius 2 is 2.50 bits per heavy atom. The fraction of sp³-hybridized carbons (Fsp3) is 0.727. The molecule has 2 atom stereocenters. The second-order valence-corrected chi connectivity index (χ2v) is 5.16. The largest absolute Gasteiger partial charge is 0.382 e. The molecule has 2 rings (SSSR count). The van der Waals surface area contributed by atoms with Crippen LogP contribution in [-0.2, 0) is 16.0 Å². The Hall–Kier alpha value is -0.490. The summed E-state index contributed by atoms with van der Waals surface area (Å²) in [7, 11) is 1.72. The molecule has 2 unspecified atom stereocenters. The fourth-order valence-electron chi connectivity index (χ4n) is 2.09. The Kier molecular flexibility index (Phi) is 4.29. The van der Waals surface area contributed by atoms with Gasteiger partial charge >= 0.3 is 0 Å². The van der Waals surface area contributed by atoms with Gasteiger partial charge in [0.15, 0.2) is 0 Å². The van der Waals surface area contributed by atoms with Crippen LogP contribution in [0.2, 0.25) is 0 Å². The predicted octanol–water partition coefficient (Wildman–Crippen LogP) is 1.38. The number of morpholine rings is 1. The number of aromatic nitrogens is 1. The summed E-state index contributed by atoms with van der Waals surface area (Å²) in [6.07, 6.45) is 2.42. The van der Waals surface area contributed by atoms with Gasteiger partial charge in [-0.25, -0.2) is 0 Å². The molecule has 0 bridgehead atoms. The topological polar surface area (TPSA) is 34.6 Å². The zero-order valence-electron chi connectivity index (χ0n) is 9.76. The van der Waals surface area contributed by atoms with Crippen molar-refractivity contribution in [1.82, 2.24) is 9.88 Å². The maximum atomic E-state index is 5.80. The summed E-state index contributed by atoms with van der Waals surface area (Å²) in [5, 5.41) is 0. The molecule has 0 aromatic carbocycles. The molecule has 0 N–H and O–H groups in total. The highest BCUT2D eigenvalue weighted by molar-refractivity contribution is 7.09. The smallest absolute Gasteiger partial charge is 0.0939 e. The minimum absolute atomic E-state index is 0.196. The molecule has 16 heavy (non-hydrogen) atoms. The number of thiazole rings is 1. The van der Waals surface area contributed by atoms with Crippen LogP contribution in [0.3, 0.4) is 0 Å². The quantitative estimate of drug-likeness (QED) is 0.799. The Labute approximate surface area is 100 Å². The van der Waals surface area contributed by atoms with Gasteiger partial charge in [0.05, 0.1) is 24.3 Å². The van der Waals surface area contributed by atoms with Gasteiger partial charge in [0.25, 0.3) is 0 Å². The molecule has 0 aliphatic carbocycles. The van der Waals surface area contributed by atoms with Crippen molar-refractivity contribution in [1.29, 1.82) is 0 Å². The summed E-state index contributed by atoms with van der Waals surface area (Å²) >= 11 is 1.71. The zero-order chi connectivity index (χ0) is 11.4. The summed E-state index contributed by atoms with van der Waals surface area (Å²) in [6.45, 7) is 5.68. The molecule has 90 valence electrons. The Balaban J connectivity index is 1.89. The first kappa shape index (κ1) is 12.0. The van der Waals surface area contributed by atoms with Gasteiger partial charge in [-0.2, -0.15) is 0 Å². The Morgan fingerprint density at radius 1 is 1.62 bits per heavy atom. The summed E-state index contributed by atoms with van der Waals surface area (Å²) in [6, 6.07) is 0. The number of methoxy groups -OCH3 is 1. The standard InChI is InChI=1S/C11H18N2O2S/c1-9-4-13(5-10(15-9)7-14-2)6-11-3-12-8-16-11/h3,8-10H,4-7H2,1-2H3. The predicted molar refractivity (Wildman–Crippen MR) is 63.6 cm³/mol. The first-order chi connectivity index (χ1) is 7.78. The molecule has 1 aromatic heterocycles. The van der Waals surface area contributed by atoms with Crippen molar-refractivity contribution in [2.24, 2.45) is 0 Å². The summed E-state index contributed by atoms with van der Waals surface area (Å²) in [5.41, 5.74) is 1.88. The maximum absolute atomic E-state index is 5.80. The van der Waals surface area contributed by atoms with E-state index in [2.05, 4.69) is 16.8 Å². The van der Waals surface area contributed by atoms with Crippen LogP contribution < -0.4 is 0 Å². The van der Waals surface area contributed by atoms with Gasteiger partial charge < -0.3 is 9.47 Å². The first-order valence-electron chi connectivity index (χ1n) is 5.52. The third kappa shape index (κ3) is 3.25. The lowest BCUT2D eigenvalue weighted by Gasteiger charge is -2.36. The Bertz CT molecular complexity index is 305. The molecule has 1 aliphatic rings. The molecule has 2 heterocycles. The molecule has 0 radical (unpaired) electrons. The molecule has 1 aliphatic heterocycles. The number of nitrogens with zero attached hydrogens (tertiary/aromatic N) is 2. The van der Waals surface area contributed by atoms with E-state index in [0.717, 1.165) is 19.6 Å². The Morgan fingerprint density at radius 3 is 3.19 bits per heavy atom. The van der Waals surface area contributed by atoms with E-state index in [1.54, 1.807) is 18.4 Å². The van der Waals surface area contributed by atoms with Crippen molar-refractivity contribution in [3.05, 3.63) is 16.6 Å². The second-order valence-electron chi connectivity index (χ2n) is 4.19. The average molecular weight is 242 g/mol. The summed E-state index contributed by atoms with van der Waals surface area (Å²) < 4.78 is 10.9. The van der Waals surface area contributed by atoms with E-state index >= 15 is 0 Å². The SMILES string of the molecule is COCC1CN(Cc2cncs2)CC(C)O1. The second kappa shape index (κ2) is 5.72. The van der Waals surface area contributed by atoms with Crippen LogP contribution in [0, 0.1) is 0 Å².